The quantitative estimate of drug-likeness (QED) is 0.653. The molecule has 0 amide bonds. The molecule has 0 atom stereocenters. The van der Waals surface area contributed by atoms with E-state index in [9.17, 15) is 9.59 Å². The van der Waals surface area contributed by atoms with Crippen LogP contribution in [0.25, 0.3) is 0 Å². The summed E-state index contributed by atoms with van der Waals surface area (Å²) in [5.74, 6) is -0.0293. The van der Waals surface area contributed by atoms with Crippen molar-refractivity contribution in [3.8, 4) is 0 Å². The second kappa shape index (κ2) is 8.28. The number of ether oxygens (including phenoxy) is 1. The van der Waals surface area contributed by atoms with Crippen LogP contribution < -0.4 is 0 Å². The van der Waals surface area contributed by atoms with Gasteiger partial charge in [0, 0.05) is 0 Å². The maximum atomic E-state index is 11.8. The predicted octanol–water partition coefficient (Wildman–Crippen LogP) is 3.88. The smallest absolute Gasteiger partial charge is 0.306 e. The summed E-state index contributed by atoms with van der Waals surface area (Å²) in [4.78, 5) is 22.2. The molecule has 118 valence electrons. The number of aliphatic carboxylic acids is 1. The Morgan fingerprint density at radius 1 is 1.00 bits per heavy atom. The van der Waals surface area contributed by atoms with Crippen LogP contribution in [0.5, 0.6) is 0 Å². The molecule has 4 heteroatoms. The van der Waals surface area contributed by atoms with Gasteiger partial charge in [-0.25, -0.2) is 0 Å². The third-order valence-electron chi connectivity index (χ3n) is 3.41. The second-order valence-electron chi connectivity index (χ2n) is 6.93. The van der Waals surface area contributed by atoms with Crippen LogP contribution in [0.3, 0.4) is 0 Å². The van der Waals surface area contributed by atoms with Crippen LogP contribution in [-0.4, -0.2) is 22.6 Å². The fourth-order valence-corrected chi connectivity index (χ4v) is 2.44. The van der Waals surface area contributed by atoms with E-state index in [0.29, 0.717) is 11.8 Å². The molecule has 0 heterocycles. The van der Waals surface area contributed by atoms with Crippen LogP contribution in [0.2, 0.25) is 0 Å². The summed E-state index contributed by atoms with van der Waals surface area (Å²) in [6.45, 7) is 12.5. The minimum absolute atomic E-state index is 0.0607. The Kier molecular flexibility index (Phi) is 7.84. The molecular formula is C16H30O4. The topological polar surface area (TPSA) is 63.6 Å². The Hall–Kier alpha value is -1.06. The van der Waals surface area contributed by atoms with Gasteiger partial charge in [0.05, 0.1) is 12.8 Å². The molecule has 0 aliphatic rings. The van der Waals surface area contributed by atoms with Crippen molar-refractivity contribution in [1.82, 2.24) is 0 Å². The van der Waals surface area contributed by atoms with Crippen molar-refractivity contribution in [3.05, 3.63) is 0 Å². The maximum absolute atomic E-state index is 11.8. The summed E-state index contributed by atoms with van der Waals surface area (Å²) in [5, 5.41) is 8.60. The van der Waals surface area contributed by atoms with E-state index in [1.165, 1.54) is 0 Å². The van der Waals surface area contributed by atoms with Gasteiger partial charge in [-0.15, -0.1) is 0 Å². The molecule has 0 aromatic rings. The standard InChI is InChI=1S/C16H30O4/c1-11(2)9-13(10-12(3)4)16(5,6)20-15(19)8-7-14(17)18/h11-13H,7-10H2,1-6H3,(H,17,18). The van der Waals surface area contributed by atoms with E-state index < -0.39 is 17.5 Å². The van der Waals surface area contributed by atoms with Crippen LogP contribution in [0.4, 0.5) is 0 Å². The lowest BCUT2D eigenvalue weighted by Gasteiger charge is -2.36. The number of carboxylic acid groups (broad SMARTS) is 1. The lowest BCUT2D eigenvalue weighted by molar-refractivity contribution is -0.164. The van der Waals surface area contributed by atoms with Gasteiger partial charge in [0.15, 0.2) is 0 Å². The van der Waals surface area contributed by atoms with Crippen molar-refractivity contribution in [2.75, 3.05) is 0 Å². The monoisotopic (exact) mass is 286 g/mol. The first-order valence-electron chi connectivity index (χ1n) is 7.48. The summed E-state index contributed by atoms with van der Waals surface area (Å²) in [6.07, 6.45) is 1.76. The average Bonchev–Trinajstić information content (AvgIpc) is 2.23. The summed E-state index contributed by atoms with van der Waals surface area (Å²) in [7, 11) is 0. The van der Waals surface area contributed by atoms with E-state index in [4.69, 9.17) is 9.84 Å². The summed E-state index contributed by atoms with van der Waals surface area (Å²) >= 11 is 0. The predicted molar refractivity (Wildman–Crippen MR) is 79.4 cm³/mol. The number of esters is 1. The molecule has 0 saturated heterocycles. The fraction of sp³-hybridized carbons (Fsp3) is 0.875. The molecule has 0 bridgehead atoms. The lowest BCUT2D eigenvalue weighted by Crippen LogP contribution is -2.38. The molecule has 0 fully saturated rings. The van der Waals surface area contributed by atoms with Crippen LogP contribution >= 0.6 is 0 Å². The van der Waals surface area contributed by atoms with Crippen molar-refractivity contribution >= 4 is 11.9 Å². The molecular weight excluding hydrogens is 256 g/mol. The van der Waals surface area contributed by atoms with Gasteiger partial charge >= 0.3 is 11.9 Å². The van der Waals surface area contributed by atoms with Gasteiger partial charge in [0.1, 0.15) is 5.60 Å². The molecule has 0 saturated carbocycles. The van der Waals surface area contributed by atoms with Crippen molar-refractivity contribution in [2.45, 2.75) is 72.8 Å². The first kappa shape index (κ1) is 18.9. The summed E-state index contributed by atoms with van der Waals surface area (Å²) in [5.41, 5.74) is -0.551. The Balaban J connectivity index is 4.66. The van der Waals surface area contributed by atoms with E-state index in [0.717, 1.165) is 12.8 Å². The normalized spacial score (nSPS) is 12.2. The fourth-order valence-electron chi connectivity index (χ4n) is 2.44. The second-order valence-corrected chi connectivity index (χ2v) is 6.93. The highest BCUT2D eigenvalue weighted by atomic mass is 16.6. The SMILES string of the molecule is CC(C)CC(CC(C)C)C(C)(C)OC(=O)CCC(=O)O. The number of rotatable bonds is 9. The van der Waals surface area contributed by atoms with Gasteiger partial charge in [-0.2, -0.15) is 0 Å². The molecule has 0 radical (unpaired) electrons. The van der Waals surface area contributed by atoms with Crippen molar-refractivity contribution in [2.24, 2.45) is 17.8 Å². The third-order valence-corrected chi connectivity index (χ3v) is 3.41. The van der Waals surface area contributed by atoms with E-state index in [-0.39, 0.29) is 18.8 Å². The molecule has 0 unspecified atom stereocenters. The number of carbonyl (C=O) groups excluding carboxylic acids is 1. The maximum Gasteiger partial charge on any atom is 0.306 e. The number of carboxylic acids is 1. The van der Waals surface area contributed by atoms with Crippen LogP contribution in [0, 0.1) is 17.8 Å². The molecule has 0 aliphatic heterocycles. The average molecular weight is 286 g/mol. The van der Waals surface area contributed by atoms with Gasteiger partial charge in [-0.1, -0.05) is 27.7 Å². The van der Waals surface area contributed by atoms with E-state index in [1.807, 2.05) is 13.8 Å². The zero-order valence-corrected chi connectivity index (χ0v) is 13.7. The minimum Gasteiger partial charge on any atom is -0.481 e. The van der Waals surface area contributed by atoms with Gasteiger partial charge in [0.2, 0.25) is 0 Å². The zero-order valence-electron chi connectivity index (χ0n) is 13.7. The van der Waals surface area contributed by atoms with Crippen LogP contribution in [0.15, 0.2) is 0 Å². The Labute approximate surface area is 122 Å². The molecule has 0 spiro atoms. The third kappa shape index (κ3) is 8.18. The van der Waals surface area contributed by atoms with Crippen molar-refractivity contribution in [3.63, 3.8) is 0 Å². The molecule has 0 aromatic carbocycles. The number of carbonyl (C=O) groups is 2. The van der Waals surface area contributed by atoms with Crippen LogP contribution in [0.1, 0.15) is 67.2 Å². The zero-order chi connectivity index (χ0) is 15.9. The van der Waals surface area contributed by atoms with E-state index >= 15 is 0 Å². The molecule has 0 aliphatic carbocycles. The van der Waals surface area contributed by atoms with E-state index in [1.54, 1.807) is 0 Å². The molecule has 1 N–H and O–H groups in total. The summed E-state index contributed by atoms with van der Waals surface area (Å²) < 4.78 is 5.55. The molecule has 0 aromatic heterocycles. The number of hydrogen-bond acceptors (Lipinski definition) is 3. The van der Waals surface area contributed by atoms with Gasteiger partial charge in [-0.3, -0.25) is 9.59 Å². The first-order valence-corrected chi connectivity index (χ1v) is 7.48. The van der Waals surface area contributed by atoms with Gasteiger partial charge in [-0.05, 0) is 44.4 Å². The largest absolute Gasteiger partial charge is 0.481 e. The van der Waals surface area contributed by atoms with Crippen molar-refractivity contribution in [1.29, 1.82) is 0 Å². The number of hydrogen-bond donors (Lipinski definition) is 1. The van der Waals surface area contributed by atoms with Crippen LogP contribution in [-0.2, 0) is 14.3 Å². The Bertz CT molecular complexity index is 308. The molecule has 4 nitrogen and oxygen atoms in total. The highest BCUT2D eigenvalue weighted by Gasteiger charge is 2.34. The Morgan fingerprint density at radius 2 is 1.45 bits per heavy atom. The Morgan fingerprint density at radius 3 is 1.80 bits per heavy atom. The first-order chi connectivity index (χ1) is 9.04. The van der Waals surface area contributed by atoms with Crippen molar-refractivity contribution < 1.29 is 19.4 Å². The highest BCUT2D eigenvalue weighted by Crippen LogP contribution is 2.33. The lowest BCUT2D eigenvalue weighted by atomic mass is 9.79. The minimum atomic E-state index is -0.972. The highest BCUT2D eigenvalue weighted by molar-refractivity contribution is 5.76. The molecule has 20 heavy (non-hydrogen) atoms. The van der Waals surface area contributed by atoms with Gasteiger partial charge < -0.3 is 9.84 Å². The molecule has 0 rings (SSSR count). The summed E-state index contributed by atoms with van der Waals surface area (Å²) in [6, 6.07) is 0. The van der Waals surface area contributed by atoms with Gasteiger partial charge in [0.25, 0.3) is 0 Å². The van der Waals surface area contributed by atoms with E-state index in [2.05, 4.69) is 27.7 Å².